The van der Waals surface area contributed by atoms with Crippen LogP contribution < -0.4 is 5.32 Å². The van der Waals surface area contributed by atoms with Crippen molar-refractivity contribution in [3.63, 3.8) is 0 Å². The Morgan fingerprint density at radius 1 is 1.45 bits per heavy atom. The van der Waals surface area contributed by atoms with Gasteiger partial charge in [-0.15, -0.1) is 0 Å². The standard InChI is InChI=1S/C14H22N4O2/c1-10(2)17-14-15-7-11(8-16-14)13(20)18-6-4-3-5-12(18)9-19/h7-8,10,12,19H,3-6,9H2,1-2H3,(H,15,16,17)/t12-/m0/s1. The largest absolute Gasteiger partial charge is 0.394 e. The fourth-order valence-corrected chi connectivity index (χ4v) is 2.39. The predicted molar refractivity (Wildman–Crippen MR) is 76.6 cm³/mol. The first-order valence-corrected chi connectivity index (χ1v) is 7.12. The zero-order valence-electron chi connectivity index (χ0n) is 12.0. The van der Waals surface area contributed by atoms with Crippen LogP contribution in [0, 0.1) is 0 Å². The molecule has 1 aromatic heterocycles. The van der Waals surface area contributed by atoms with Crippen LogP contribution in [0.15, 0.2) is 12.4 Å². The zero-order chi connectivity index (χ0) is 14.5. The van der Waals surface area contributed by atoms with Crippen LogP contribution in [0.25, 0.3) is 0 Å². The predicted octanol–water partition coefficient (Wildman–Crippen LogP) is 1.28. The number of anilines is 1. The number of likely N-dealkylation sites (tertiary alicyclic amines) is 1. The number of carbonyl (C=O) groups excluding carboxylic acids is 1. The highest BCUT2D eigenvalue weighted by Gasteiger charge is 2.27. The molecule has 0 spiro atoms. The number of hydrogen-bond acceptors (Lipinski definition) is 5. The Labute approximate surface area is 119 Å². The molecule has 0 bridgehead atoms. The molecule has 6 nitrogen and oxygen atoms in total. The van der Waals surface area contributed by atoms with E-state index >= 15 is 0 Å². The lowest BCUT2D eigenvalue weighted by Gasteiger charge is -2.34. The molecule has 1 aromatic rings. The third kappa shape index (κ3) is 3.45. The lowest BCUT2D eigenvalue weighted by molar-refractivity contribution is 0.0502. The Morgan fingerprint density at radius 3 is 2.75 bits per heavy atom. The summed E-state index contributed by atoms with van der Waals surface area (Å²) < 4.78 is 0. The highest BCUT2D eigenvalue weighted by molar-refractivity contribution is 5.94. The van der Waals surface area contributed by atoms with E-state index in [1.807, 2.05) is 13.8 Å². The minimum atomic E-state index is -0.0974. The molecule has 1 amide bonds. The van der Waals surface area contributed by atoms with Crippen molar-refractivity contribution < 1.29 is 9.90 Å². The summed E-state index contributed by atoms with van der Waals surface area (Å²) in [5.74, 6) is 0.425. The van der Waals surface area contributed by atoms with Gasteiger partial charge in [0.05, 0.1) is 18.2 Å². The average molecular weight is 278 g/mol. The molecular formula is C14H22N4O2. The molecule has 1 saturated heterocycles. The van der Waals surface area contributed by atoms with Crippen LogP contribution in [0.2, 0.25) is 0 Å². The van der Waals surface area contributed by atoms with E-state index in [1.165, 1.54) is 0 Å². The number of amides is 1. The first kappa shape index (κ1) is 14.7. The van der Waals surface area contributed by atoms with Crippen molar-refractivity contribution in [1.29, 1.82) is 0 Å². The number of aliphatic hydroxyl groups excluding tert-OH is 1. The fraction of sp³-hybridized carbons (Fsp3) is 0.643. The molecule has 1 atom stereocenters. The number of aliphatic hydroxyl groups is 1. The van der Waals surface area contributed by atoms with Crippen molar-refractivity contribution in [2.24, 2.45) is 0 Å². The number of nitrogens with one attached hydrogen (secondary N) is 1. The molecule has 2 N–H and O–H groups in total. The highest BCUT2D eigenvalue weighted by Crippen LogP contribution is 2.19. The Kier molecular flexibility index (Phi) is 4.89. The quantitative estimate of drug-likeness (QED) is 0.867. The molecule has 1 fully saturated rings. The van der Waals surface area contributed by atoms with Gasteiger partial charge in [0, 0.05) is 25.0 Å². The molecule has 0 saturated carbocycles. The van der Waals surface area contributed by atoms with E-state index < -0.39 is 0 Å². The first-order valence-electron chi connectivity index (χ1n) is 7.12. The second-order valence-electron chi connectivity index (χ2n) is 5.43. The number of nitrogens with zero attached hydrogens (tertiary/aromatic N) is 3. The number of aromatic nitrogens is 2. The molecule has 2 heterocycles. The van der Waals surface area contributed by atoms with E-state index in [0.29, 0.717) is 18.1 Å². The Balaban J connectivity index is 2.08. The molecule has 1 aliphatic heterocycles. The number of carbonyl (C=O) groups is 1. The van der Waals surface area contributed by atoms with E-state index in [4.69, 9.17) is 0 Å². The van der Waals surface area contributed by atoms with Crippen LogP contribution in [0.3, 0.4) is 0 Å². The van der Waals surface area contributed by atoms with Gasteiger partial charge in [-0.1, -0.05) is 0 Å². The van der Waals surface area contributed by atoms with Crippen LogP contribution in [0.4, 0.5) is 5.95 Å². The summed E-state index contributed by atoms with van der Waals surface area (Å²) in [5.41, 5.74) is 0.472. The highest BCUT2D eigenvalue weighted by atomic mass is 16.3. The van der Waals surface area contributed by atoms with E-state index in [0.717, 1.165) is 19.3 Å². The summed E-state index contributed by atoms with van der Waals surface area (Å²) in [6.07, 6.45) is 5.99. The summed E-state index contributed by atoms with van der Waals surface area (Å²) in [6.45, 7) is 4.71. The third-order valence-corrected chi connectivity index (χ3v) is 3.42. The molecule has 20 heavy (non-hydrogen) atoms. The van der Waals surface area contributed by atoms with Gasteiger partial charge in [-0.3, -0.25) is 4.79 Å². The van der Waals surface area contributed by atoms with Gasteiger partial charge in [0.25, 0.3) is 5.91 Å². The normalized spacial score (nSPS) is 19.2. The minimum absolute atomic E-state index is 0.0135. The van der Waals surface area contributed by atoms with Gasteiger partial charge in [0.1, 0.15) is 0 Å². The zero-order valence-corrected chi connectivity index (χ0v) is 12.0. The SMILES string of the molecule is CC(C)Nc1ncc(C(=O)N2CCCC[C@H]2CO)cn1. The van der Waals surface area contributed by atoms with Crippen LogP contribution in [0.1, 0.15) is 43.5 Å². The van der Waals surface area contributed by atoms with Gasteiger partial charge >= 0.3 is 0 Å². The van der Waals surface area contributed by atoms with Crippen LogP contribution in [-0.2, 0) is 0 Å². The summed E-state index contributed by atoms with van der Waals surface area (Å²) in [7, 11) is 0. The Hall–Kier alpha value is -1.69. The van der Waals surface area contributed by atoms with Crippen molar-refractivity contribution in [3.8, 4) is 0 Å². The van der Waals surface area contributed by atoms with Gasteiger partial charge in [-0.25, -0.2) is 9.97 Å². The van der Waals surface area contributed by atoms with Crippen molar-refractivity contribution >= 4 is 11.9 Å². The summed E-state index contributed by atoms with van der Waals surface area (Å²) in [5, 5.41) is 12.4. The topological polar surface area (TPSA) is 78.4 Å². The van der Waals surface area contributed by atoms with Crippen LogP contribution in [-0.4, -0.2) is 51.1 Å². The second kappa shape index (κ2) is 6.65. The third-order valence-electron chi connectivity index (χ3n) is 3.42. The van der Waals surface area contributed by atoms with E-state index in [-0.39, 0.29) is 24.6 Å². The van der Waals surface area contributed by atoms with Gasteiger partial charge < -0.3 is 15.3 Å². The second-order valence-corrected chi connectivity index (χ2v) is 5.43. The van der Waals surface area contributed by atoms with E-state index in [9.17, 15) is 9.90 Å². The summed E-state index contributed by atoms with van der Waals surface area (Å²) >= 11 is 0. The molecule has 0 unspecified atom stereocenters. The lowest BCUT2D eigenvalue weighted by Crippen LogP contribution is -2.45. The molecule has 0 aromatic carbocycles. The maximum absolute atomic E-state index is 12.4. The molecule has 2 rings (SSSR count). The molecule has 1 aliphatic rings. The maximum Gasteiger partial charge on any atom is 0.257 e. The maximum atomic E-state index is 12.4. The molecule has 0 radical (unpaired) electrons. The Morgan fingerprint density at radius 2 is 2.15 bits per heavy atom. The van der Waals surface area contributed by atoms with Crippen molar-refractivity contribution in [2.75, 3.05) is 18.5 Å². The first-order chi connectivity index (χ1) is 9.61. The molecule has 110 valence electrons. The number of rotatable bonds is 4. The Bertz CT molecular complexity index is 447. The fourth-order valence-electron chi connectivity index (χ4n) is 2.39. The summed E-state index contributed by atoms with van der Waals surface area (Å²) in [6, 6.07) is 0.169. The van der Waals surface area contributed by atoms with Crippen LogP contribution in [0.5, 0.6) is 0 Å². The van der Waals surface area contributed by atoms with Crippen molar-refractivity contribution in [2.45, 2.75) is 45.2 Å². The van der Waals surface area contributed by atoms with Gasteiger partial charge in [0.2, 0.25) is 5.95 Å². The molecule has 6 heteroatoms. The van der Waals surface area contributed by atoms with Gasteiger partial charge in [-0.05, 0) is 33.1 Å². The van der Waals surface area contributed by atoms with Crippen molar-refractivity contribution in [3.05, 3.63) is 18.0 Å². The molecule has 0 aliphatic carbocycles. The smallest absolute Gasteiger partial charge is 0.257 e. The number of piperidine rings is 1. The monoisotopic (exact) mass is 278 g/mol. The van der Waals surface area contributed by atoms with E-state index in [1.54, 1.807) is 17.3 Å². The van der Waals surface area contributed by atoms with Gasteiger partial charge in [-0.2, -0.15) is 0 Å². The summed E-state index contributed by atoms with van der Waals surface area (Å²) in [4.78, 5) is 22.5. The van der Waals surface area contributed by atoms with Crippen molar-refractivity contribution in [1.82, 2.24) is 14.9 Å². The lowest BCUT2D eigenvalue weighted by atomic mass is 10.0. The number of hydrogen-bond donors (Lipinski definition) is 2. The van der Waals surface area contributed by atoms with E-state index in [2.05, 4.69) is 15.3 Å². The molecular weight excluding hydrogens is 256 g/mol. The van der Waals surface area contributed by atoms with Gasteiger partial charge in [0.15, 0.2) is 0 Å². The minimum Gasteiger partial charge on any atom is -0.394 e. The van der Waals surface area contributed by atoms with Crippen LogP contribution >= 0.6 is 0 Å². The average Bonchev–Trinajstić information content (AvgIpc) is 2.46.